The van der Waals surface area contributed by atoms with Gasteiger partial charge in [-0.1, -0.05) is 135 Å². The predicted molar refractivity (Wildman–Crippen MR) is 250 cm³/mol. The van der Waals surface area contributed by atoms with Crippen LogP contribution in [0.25, 0.3) is 38.8 Å². The van der Waals surface area contributed by atoms with Crippen LogP contribution < -0.4 is 14.5 Å². The molecule has 5 nitrogen and oxygen atoms in total. The normalized spacial score (nSPS) is 13.1. The van der Waals surface area contributed by atoms with Crippen molar-refractivity contribution in [3.63, 3.8) is 0 Å². The molecule has 0 saturated heterocycles. The summed E-state index contributed by atoms with van der Waals surface area (Å²) >= 11 is 0. The standard InChI is InChI=1S/C55H53N4O.Pt/c1-36-18-11-13-22-47(36)58-35-57(49-24-15-16-25-50(49)58)40-19-17-20-41(31-40)60-42-26-27-44-43-21-12-14-23-48(43)59(51(44)32-42)52-33-45(46(34-56-52)55(8,9)10)37-28-38(53(2,3)4)30-39(29-37)54(5,6)7;/h11-30,33-35H,1-10H3;/q-3;. The summed E-state index contributed by atoms with van der Waals surface area (Å²) in [7, 11) is 0. The van der Waals surface area contributed by atoms with E-state index >= 15 is 0 Å². The number of aryl methyl sites for hydroxylation is 1. The van der Waals surface area contributed by atoms with E-state index in [-0.39, 0.29) is 37.3 Å². The minimum Gasteiger partial charge on any atom is -0.509 e. The molecule has 2 aromatic heterocycles. The average molecular weight is 981 g/mol. The van der Waals surface area contributed by atoms with E-state index in [1.165, 1.54) is 33.4 Å². The van der Waals surface area contributed by atoms with E-state index in [0.717, 1.165) is 50.4 Å². The molecule has 0 spiro atoms. The SMILES string of the molecule is Cc1ccccc1N1[CH-]N(c2[c-]c(Oc3[c-]c4c(cc3)c3ccccc3n4-c3cc(-c4cc(C(C)(C)C)cc(C(C)(C)C)c4)c(C(C)(C)C)cn3)ccc2)c2ccccc21.[Pt]. The van der Waals surface area contributed by atoms with Crippen molar-refractivity contribution in [3.8, 4) is 28.4 Å². The van der Waals surface area contributed by atoms with Crippen LogP contribution in [0, 0.1) is 25.7 Å². The molecule has 0 N–H and O–H groups in total. The molecule has 0 fully saturated rings. The van der Waals surface area contributed by atoms with Gasteiger partial charge in [0.2, 0.25) is 0 Å². The Morgan fingerprint density at radius 3 is 1.87 bits per heavy atom. The summed E-state index contributed by atoms with van der Waals surface area (Å²) in [6, 6.07) is 52.3. The van der Waals surface area contributed by atoms with E-state index in [1.807, 2.05) is 18.2 Å². The molecule has 1 aliphatic rings. The van der Waals surface area contributed by atoms with Gasteiger partial charge in [-0.25, -0.2) is 4.98 Å². The van der Waals surface area contributed by atoms with Gasteiger partial charge in [0.25, 0.3) is 0 Å². The van der Waals surface area contributed by atoms with Crippen LogP contribution in [0.4, 0.5) is 22.7 Å². The van der Waals surface area contributed by atoms with Gasteiger partial charge in [0.1, 0.15) is 5.82 Å². The summed E-state index contributed by atoms with van der Waals surface area (Å²) in [5, 5.41) is 2.22. The number of aromatic nitrogens is 2. The minimum absolute atomic E-state index is 0. The van der Waals surface area contributed by atoms with E-state index < -0.39 is 0 Å². The summed E-state index contributed by atoms with van der Waals surface area (Å²) in [5.41, 5.74) is 13.5. The maximum absolute atomic E-state index is 6.64. The summed E-state index contributed by atoms with van der Waals surface area (Å²) in [4.78, 5) is 9.63. The first-order valence-electron chi connectivity index (χ1n) is 21.0. The molecule has 0 radical (unpaired) electrons. The molecule has 0 bridgehead atoms. The zero-order valence-electron chi connectivity index (χ0n) is 36.8. The number of fused-ring (bicyclic) bond motifs is 4. The molecule has 61 heavy (non-hydrogen) atoms. The topological polar surface area (TPSA) is 33.5 Å². The van der Waals surface area contributed by atoms with E-state index in [9.17, 15) is 0 Å². The zero-order chi connectivity index (χ0) is 42.1. The van der Waals surface area contributed by atoms with Crippen molar-refractivity contribution in [2.24, 2.45) is 0 Å². The van der Waals surface area contributed by atoms with Crippen LogP contribution in [0.2, 0.25) is 0 Å². The second-order valence-corrected chi connectivity index (χ2v) is 19.2. The Labute approximate surface area is 376 Å². The fourth-order valence-electron chi connectivity index (χ4n) is 8.31. The molecular formula is C55H53N4OPt-3. The van der Waals surface area contributed by atoms with Crippen molar-refractivity contribution in [2.75, 3.05) is 9.80 Å². The fourth-order valence-corrected chi connectivity index (χ4v) is 8.31. The maximum atomic E-state index is 6.64. The Morgan fingerprint density at radius 2 is 1.20 bits per heavy atom. The van der Waals surface area contributed by atoms with Gasteiger partial charge in [-0.15, -0.1) is 48.1 Å². The summed E-state index contributed by atoms with van der Waals surface area (Å²) in [6.07, 6.45) is 2.08. The molecule has 0 unspecified atom stereocenters. The largest absolute Gasteiger partial charge is 0.509 e. The van der Waals surface area contributed by atoms with Gasteiger partial charge < -0.3 is 19.1 Å². The van der Waals surface area contributed by atoms with Crippen molar-refractivity contribution in [2.45, 2.75) is 85.5 Å². The molecule has 0 saturated carbocycles. The molecule has 0 atom stereocenters. The monoisotopic (exact) mass is 980 g/mol. The first-order chi connectivity index (χ1) is 28.5. The number of rotatable bonds is 6. The van der Waals surface area contributed by atoms with Crippen LogP contribution in [0.15, 0.2) is 134 Å². The molecule has 0 aliphatic carbocycles. The summed E-state index contributed by atoms with van der Waals surface area (Å²) in [5.74, 6) is 2.05. The third-order valence-corrected chi connectivity index (χ3v) is 11.7. The van der Waals surface area contributed by atoms with Gasteiger partial charge >= 0.3 is 0 Å². The molecule has 8 aromatic rings. The third-order valence-electron chi connectivity index (χ3n) is 11.7. The van der Waals surface area contributed by atoms with Crippen LogP contribution in [0.5, 0.6) is 11.5 Å². The number of pyridine rings is 1. The van der Waals surface area contributed by atoms with Crippen molar-refractivity contribution < 1.29 is 25.8 Å². The molecule has 9 rings (SSSR count). The van der Waals surface area contributed by atoms with E-state index in [0.29, 0.717) is 11.5 Å². The Balaban J connectivity index is 0.00000514. The van der Waals surface area contributed by atoms with Crippen molar-refractivity contribution in [3.05, 3.63) is 175 Å². The molecular weight excluding hydrogens is 928 g/mol. The number of hydrogen-bond acceptors (Lipinski definition) is 4. The summed E-state index contributed by atoms with van der Waals surface area (Å²) in [6.45, 7) is 24.9. The van der Waals surface area contributed by atoms with Crippen LogP contribution in [-0.2, 0) is 37.3 Å². The smallest absolute Gasteiger partial charge is 0.136 e. The van der Waals surface area contributed by atoms with Gasteiger partial charge in [-0.2, -0.15) is 12.1 Å². The van der Waals surface area contributed by atoms with Crippen molar-refractivity contribution in [1.29, 1.82) is 0 Å². The van der Waals surface area contributed by atoms with Crippen LogP contribution >= 0.6 is 0 Å². The van der Waals surface area contributed by atoms with Crippen LogP contribution in [-0.4, -0.2) is 9.55 Å². The summed E-state index contributed by atoms with van der Waals surface area (Å²) < 4.78 is 8.88. The fraction of sp³-hybridized carbons (Fsp3) is 0.236. The van der Waals surface area contributed by atoms with Gasteiger partial charge in [0, 0.05) is 61.3 Å². The Morgan fingerprint density at radius 1 is 0.574 bits per heavy atom. The molecule has 312 valence electrons. The van der Waals surface area contributed by atoms with Crippen LogP contribution in [0.3, 0.4) is 0 Å². The maximum Gasteiger partial charge on any atom is 0.136 e. The van der Waals surface area contributed by atoms with Gasteiger partial charge in [-0.05, 0) is 92.3 Å². The Hall–Kier alpha value is -5.64. The van der Waals surface area contributed by atoms with E-state index in [4.69, 9.17) is 9.72 Å². The molecule has 0 amide bonds. The Kier molecular flexibility index (Phi) is 10.8. The molecule has 3 heterocycles. The molecule has 6 heteroatoms. The quantitative estimate of drug-likeness (QED) is 0.156. The number of ether oxygens (including phenoxy) is 1. The molecule has 1 aliphatic heterocycles. The number of anilines is 4. The predicted octanol–water partition coefficient (Wildman–Crippen LogP) is 14.8. The van der Waals surface area contributed by atoms with Gasteiger partial charge in [0.05, 0.1) is 0 Å². The third kappa shape index (κ3) is 7.90. The van der Waals surface area contributed by atoms with E-state index in [1.54, 1.807) is 0 Å². The second kappa shape index (κ2) is 15.7. The van der Waals surface area contributed by atoms with Gasteiger partial charge in [0.15, 0.2) is 0 Å². The van der Waals surface area contributed by atoms with Crippen molar-refractivity contribution in [1.82, 2.24) is 9.55 Å². The first-order valence-corrected chi connectivity index (χ1v) is 21.0. The number of hydrogen-bond donors (Lipinski definition) is 0. The average Bonchev–Trinajstić information content (AvgIpc) is 3.76. The number of benzene rings is 6. The van der Waals surface area contributed by atoms with Crippen LogP contribution in [0.1, 0.15) is 84.6 Å². The molecule has 6 aromatic carbocycles. The Bertz CT molecular complexity index is 2890. The number of para-hydroxylation sites is 4. The second-order valence-electron chi connectivity index (χ2n) is 19.2. The van der Waals surface area contributed by atoms with E-state index in [2.05, 4.69) is 218 Å². The minimum atomic E-state index is -0.132. The van der Waals surface area contributed by atoms with Crippen molar-refractivity contribution >= 4 is 44.6 Å². The van der Waals surface area contributed by atoms with Gasteiger partial charge in [-0.3, -0.25) is 0 Å². The first kappa shape index (κ1) is 42.1. The number of nitrogens with zero attached hydrogens (tertiary/aromatic N) is 4. The zero-order valence-corrected chi connectivity index (χ0v) is 39.1.